The standard InChI is InChI=1S/C13H10Cl2N2O3S/c14-7-1-2-8(9(15)5-7)12(18)16-4-3-11-17-10(6-21-11)13(19)20/h1-2,5-6H,3-4H2,(H,16,18)(H,19,20). The van der Waals surface area contributed by atoms with E-state index in [1.807, 2.05) is 0 Å². The maximum Gasteiger partial charge on any atom is 0.355 e. The van der Waals surface area contributed by atoms with Gasteiger partial charge in [0.1, 0.15) is 0 Å². The molecule has 0 radical (unpaired) electrons. The van der Waals surface area contributed by atoms with Gasteiger partial charge in [0.05, 0.1) is 15.6 Å². The number of hydrogen-bond acceptors (Lipinski definition) is 4. The van der Waals surface area contributed by atoms with Gasteiger partial charge < -0.3 is 10.4 Å². The minimum Gasteiger partial charge on any atom is -0.476 e. The van der Waals surface area contributed by atoms with E-state index in [0.29, 0.717) is 28.6 Å². The van der Waals surface area contributed by atoms with Crippen LogP contribution in [0.5, 0.6) is 0 Å². The van der Waals surface area contributed by atoms with Gasteiger partial charge in [0.2, 0.25) is 0 Å². The smallest absolute Gasteiger partial charge is 0.355 e. The minimum absolute atomic E-state index is 0.0158. The van der Waals surface area contributed by atoms with Gasteiger partial charge in [0.15, 0.2) is 5.69 Å². The molecule has 0 unspecified atom stereocenters. The van der Waals surface area contributed by atoms with Crippen LogP contribution in [-0.4, -0.2) is 28.5 Å². The third-order valence-corrected chi connectivity index (χ3v) is 4.03. The maximum absolute atomic E-state index is 11.9. The van der Waals surface area contributed by atoms with Crippen molar-refractivity contribution >= 4 is 46.4 Å². The number of rotatable bonds is 5. The summed E-state index contributed by atoms with van der Waals surface area (Å²) in [5.41, 5.74) is 0.355. The molecule has 2 N–H and O–H groups in total. The molecule has 0 spiro atoms. The third-order valence-electron chi connectivity index (χ3n) is 2.57. The van der Waals surface area contributed by atoms with Gasteiger partial charge in [0.25, 0.3) is 5.91 Å². The van der Waals surface area contributed by atoms with Crippen LogP contribution in [0.25, 0.3) is 0 Å². The highest BCUT2D eigenvalue weighted by atomic mass is 35.5. The summed E-state index contributed by atoms with van der Waals surface area (Å²) in [5.74, 6) is -1.37. The number of carbonyl (C=O) groups excluding carboxylic acids is 1. The molecule has 1 aromatic carbocycles. The number of benzene rings is 1. The number of hydrogen-bond donors (Lipinski definition) is 2. The molecular weight excluding hydrogens is 335 g/mol. The lowest BCUT2D eigenvalue weighted by Crippen LogP contribution is -2.25. The minimum atomic E-state index is -1.06. The van der Waals surface area contributed by atoms with E-state index in [2.05, 4.69) is 10.3 Å². The second kappa shape index (κ2) is 6.89. The molecule has 0 saturated carbocycles. The highest BCUT2D eigenvalue weighted by Gasteiger charge is 2.11. The Labute approximate surface area is 134 Å². The zero-order chi connectivity index (χ0) is 15.4. The predicted octanol–water partition coefficient (Wildman–Crippen LogP) is 3.12. The van der Waals surface area contributed by atoms with E-state index >= 15 is 0 Å². The van der Waals surface area contributed by atoms with Crippen molar-refractivity contribution in [2.24, 2.45) is 0 Å². The van der Waals surface area contributed by atoms with Crippen molar-refractivity contribution in [2.45, 2.75) is 6.42 Å². The molecule has 1 aromatic heterocycles. The summed E-state index contributed by atoms with van der Waals surface area (Å²) in [5, 5.41) is 14.3. The molecule has 0 bridgehead atoms. The van der Waals surface area contributed by atoms with Gasteiger partial charge in [-0.3, -0.25) is 4.79 Å². The van der Waals surface area contributed by atoms with Gasteiger partial charge in [-0.1, -0.05) is 23.2 Å². The Bertz CT molecular complexity index is 688. The summed E-state index contributed by atoms with van der Waals surface area (Å²) in [6, 6.07) is 4.63. The van der Waals surface area contributed by atoms with E-state index in [1.165, 1.54) is 22.8 Å². The fourth-order valence-electron chi connectivity index (χ4n) is 1.58. The molecule has 0 aliphatic carbocycles. The van der Waals surface area contributed by atoms with E-state index in [4.69, 9.17) is 28.3 Å². The first-order chi connectivity index (χ1) is 9.97. The molecule has 0 saturated heterocycles. The Hall–Kier alpha value is -1.63. The molecule has 5 nitrogen and oxygen atoms in total. The number of aromatic nitrogens is 1. The quantitative estimate of drug-likeness (QED) is 0.873. The molecular formula is C13H10Cl2N2O3S. The van der Waals surface area contributed by atoms with Crippen molar-refractivity contribution in [1.82, 2.24) is 10.3 Å². The van der Waals surface area contributed by atoms with Crippen molar-refractivity contribution in [3.8, 4) is 0 Å². The van der Waals surface area contributed by atoms with Crippen LogP contribution in [0.15, 0.2) is 23.6 Å². The monoisotopic (exact) mass is 344 g/mol. The normalized spacial score (nSPS) is 10.4. The lowest BCUT2D eigenvalue weighted by atomic mass is 10.2. The summed E-state index contributed by atoms with van der Waals surface area (Å²) >= 11 is 12.9. The van der Waals surface area contributed by atoms with Gasteiger partial charge in [-0.15, -0.1) is 11.3 Å². The average Bonchev–Trinajstić information content (AvgIpc) is 2.87. The van der Waals surface area contributed by atoms with Crippen LogP contribution in [-0.2, 0) is 6.42 Å². The van der Waals surface area contributed by atoms with Crippen molar-refractivity contribution in [3.63, 3.8) is 0 Å². The first-order valence-electron chi connectivity index (χ1n) is 5.88. The summed E-state index contributed by atoms with van der Waals surface area (Å²) < 4.78 is 0. The predicted molar refractivity (Wildman–Crippen MR) is 81.6 cm³/mol. The molecule has 1 amide bonds. The van der Waals surface area contributed by atoms with Gasteiger partial charge >= 0.3 is 5.97 Å². The summed E-state index contributed by atoms with van der Waals surface area (Å²) in [6.45, 7) is 0.338. The van der Waals surface area contributed by atoms with Crippen LogP contribution in [0.1, 0.15) is 25.9 Å². The number of carboxylic acid groups (broad SMARTS) is 1. The second-order valence-electron chi connectivity index (χ2n) is 4.06. The maximum atomic E-state index is 11.9. The van der Waals surface area contributed by atoms with Crippen LogP contribution in [0.3, 0.4) is 0 Å². The molecule has 2 rings (SSSR count). The lowest BCUT2D eigenvalue weighted by molar-refractivity contribution is 0.0690. The Balaban J connectivity index is 1.90. The Kier molecular flexibility index (Phi) is 5.17. The van der Waals surface area contributed by atoms with E-state index in [0.717, 1.165) is 0 Å². The van der Waals surface area contributed by atoms with Crippen molar-refractivity contribution < 1.29 is 14.7 Å². The lowest BCUT2D eigenvalue weighted by Gasteiger charge is -2.06. The largest absolute Gasteiger partial charge is 0.476 e. The molecule has 8 heteroatoms. The van der Waals surface area contributed by atoms with Crippen molar-refractivity contribution in [1.29, 1.82) is 0 Å². The van der Waals surface area contributed by atoms with Crippen molar-refractivity contribution in [2.75, 3.05) is 6.54 Å². The number of nitrogens with one attached hydrogen (secondary N) is 1. The van der Waals surface area contributed by atoms with Gasteiger partial charge in [-0.25, -0.2) is 9.78 Å². The Morgan fingerprint density at radius 1 is 1.33 bits per heavy atom. The number of thiazole rings is 1. The number of nitrogens with zero attached hydrogens (tertiary/aromatic N) is 1. The topological polar surface area (TPSA) is 79.3 Å². The fourth-order valence-corrected chi connectivity index (χ4v) is 2.84. The van der Waals surface area contributed by atoms with Crippen LogP contribution in [0.2, 0.25) is 10.0 Å². The number of aromatic carboxylic acids is 1. The summed E-state index contributed by atoms with van der Waals surface area (Å²) in [7, 11) is 0. The zero-order valence-electron chi connectivity index (χ0n) is 10.6. The highest BCUT2D eigenvalue weighted by molar-refractivity contribution is 7.09. The number of halogens is 2. The summed E-state index contributed by atoms with van der Waals surface area (Å²) in [4.78, 5) is 26.6. The van der Waals surface area contributed by atoms with E-state index < -0.39 is 5.97 Å². The molecule has 2 aromatic rings. The van der Waals surface area contributed by atoms with Crippen LogP contribution < -0.4 is 5.32 Å². The fraction of sp³-hybridized carbons (Fsp3) is 0.154. The highest BCUT2D eigenvalue weighted by Crippen LogP contribution is 2.20. The third kappa shape index (κ3) is 4.17. The van der Waals surface area contributed by atoms with Crippen LogP contribution >= 0.6 is 34.5 Å². The number of carbonyl (C=O) groups is 2. The molecule has 21 heavy (non-hydrogen) atoms. The summed E-state index contributed by atoms with van der Waals surface area (Å²) in [6.07, 6.45) is 0.453. The van der Waals surface area contributed by atoms with Crippen molar-refractivity contribution in [3.05, 3.63) is 49.9 Å². The van der Waals surface area contributed by atoms with E-state index in [-0.39, 0.29) is 16.6 Å². The first-order valence-corrected chi connectivity index (χ1v) is 7.52. The molecule has 0 fully saturated rings. The van der Waals surface area contributed by atoms with Crippen LogP contribution in [0.4, 0.5) is 0 Å². The van der Waals surface area contributed by atoms with Crippen LogP contribution in [0, 0.1) is 0 Å². The first kappa shape index (κ1) is 15.8. The van der Waals surface area contributed by atoms with E-state index in [9.17, 15) is 9.59 Å². The second-order valence-corrected chi connectivity index (χ2v) is 5.85. The Morgan fingerprint density at radius 3 is 2.71 bits per heavy atom. The SMILES string of the molecule is O=C(O)c1csc(CCNC(=O)c2ccc(Cl)cc2Cl)n1. The molecule has 0 aliphatic heterocycles. The Morgan fingerprint density at radius 2 is 2.10 bits per heavy atom. The number of carboxylic acids is 1. The number of amides is 1. The molecule has 0 aliphatic rings. The van der Waals surface area contributed by atoms with Gasteiger partial charge in [-0.05, 0) is 18.2 Å². The molecule has 110 valence electrons. The van der Waals surface area contributed by atoms with Gasteiger partial charge in [-0.2, -0.15) is 0 Å². The zero-order valence-corrected chi connectivity index (χ0v) is 12.9. The molecule has 1 heterocycles. The molecule has 0 atom stereocenters. The van der Waals surface area contributed by atoms with Gasteiger partial charge in [0, 0.05) is 23.4 Å². The van der Waals surface area contributed by atoms with E-state index in [1.54, 1.807) is 12.1 Å². The average molecular weight is 345 g/mol.